The molecule has 0 aliphatic carbocycles. The van der Waals surface area contributed by atoms with Gasteiger partial charge >= 0.3 is 0 Å². The highest BCUT2D eigenvalue weighted by Crippen LogP contribution is 1.98. The number of rotatable bonds is 7. The van der Waals surface area contributed by atoms with Crippen LogP contribution < -0.4 is 5.32 Å². The first-order chi connectivity index (χ1) is 6.83. The molecule has 0 bridgehead atoms. The van der Waals surface area contributed by atoms with E-state index in [0.717, 1.165) is 32.7 Å². The van der Waals surface area contributed by atoms with Gasteiger partial charge in [-0.15, -0.1) is 0 Å². The SMILES string of the molecule is CCOCCCNCc1ccn(C)c1. The molecule has 0 fully saturated rings. The van der Waals surface area contributed by atoms with E-state index in [1.807, 2.05) is 14.0 Å². The van der Waals surface area contributed by atoms with E-state index in [4.69, 9.17) is 4.74 Å². The molecule has 0 aromatic carbocycles. The minimum absolute atomic E-state index is 0.818. The third-order valence-electron chi connectivity index (χ3n) is 2.07. The summed E-state index contributed by atoms with van der Waals surface area (Å²) in [6.45, 7) is 5.68. The second-order valence-electron chi connectivity index (χ2n) is 3.41. The lowest BCUT2D eigenvalue weighted by Crippen LogP contribution is -2.16. The Morgan fingerprint density at radius 3 is 3.00 bits per heavy atom. The van der Waals surface area contributed by atoms with E-state index in [-0.39, 0.29) is 0 Å². The van der Waals surface area contributed by atoms with Crippen molar-refractivity contribution >= 4 is 0 Å². The maximum atomic E-state index is 5.25. The Balaban J connectivity index is 1.99. The van der Waals surface area contributed by atoms with Gasteiger partial charge in [0.05, 0.1) is 0 Å². The van der Waals surface area contributed by atoms with Crippen LogP contribution >= 0.6 is 0 Å². The van der Waals surface area contributed by atoms with Crippen molar-refractivity contribution in [3.05, 3.63) is 24.0 Å². The van der Waals surface area contributed by atoms with Crippen LogP contribution in [0.2, 0.25) is 0 Å². The molecule has 0 saturated heterocycles. The van der Waals surface area contributed by atoms with E-state index in [1.165, 1.54) is 5.56 Å². The molecule has 0 aliphatic rings. The van der Waals surface area contributed by atoms with Gasteiger partial charge in [-0.05, 0) is 31.5 Å². The molecule has 0 spiro atoms. The van der Waals surface area contributed by atoms with Crippen molar-refractivity contribution in [1.82, 2.24) is 9.88 Å². The molecule has 1 heterocycles. The van der Waals surface area contributed by atoms with Crippen molar-refractivity contribution in [1.29, 1.82) is 0 Å². The second kappa shape index (κ2) is 6.62. The summed E-state index contributed by atoms with van der Waals surface area (Å²) in [7, 11) is 2.04. The van der Waals surface area contributed by atoms with Gasteiger partial charge in [0.15, 0.2) is 0 Å². The molecule has 14 heavy (non-hydrogen) atoms. The third kappa shape index (κ3) is 4.44. The molecule has 0 amide bonds. The molecule has 0 radical (unpaired) electrons. The van der Waals surface area contributed by atoms with E-state index >= 15 is 0 Å². The van der Waals surface area contributed by atoms with Crippen molar-refractivity contribution < 1.29 is 4.74 Å². The number of aromatic nitrogens is 1. The van der Waals surface area contributed by atoms with Crippen molar-refractivity contribution in [2.24, 2.45) is 7.05 Å². The first-order valence-corrected chi connectivity index (χ1v) is 5.22. The van der Waals surface area contributed by atoms with Crippen LogP contribution in [-0.2, 0) is 18.3 Å². The number of hydrogen-bond donors (Lipinski definition) is 1. The molecule has 1 aromatic heterocycles. The average Bonchev–Trinajstić information content (AvgIpc) is 2.58. The summed E-state index contributed by atoms with van der Waals surface area (Å²) in [5.41, 5.74) is 1.34. The molecular weight excluding hydrogens is 176 g/mol. The summed E-state index contributed by atoms with van der Waals surface area (Å²) in [6.07, 6.45) is 5.29. The fourth-order valence-corrected chi connectivity index (χ4v) is 1.34. The maximum Gasteiger partial charge on any atom is 0.0477 e. The number of aryl methyl sites for hydroxylation is 1. The topological polar surface area (TPSA) is 26.2 Å². The highest BCUT2D eigenvalue weighted by molar-refractivity contribution is 5.09. The summed E-state index contributed by atoms with van der Waals surface area (Å²) in [4.78, 5) is 0. The standard InChI is InChI=1S/C11H20N2O/c1-3-14-8-4-6-12-9-11-5-7-13(2)10-11/h5,7,10,12H,3-4,6,8-9H2,1-2H3. The molecule has 0 saturated carbocycles. The Kier molecular flexibility index (Phi) is 5.33. The van der Waals surface area contributed by atoms with Crippen LogP contribution in [0.15, 0.2) is 18.5 Å². The van der Waals surface area contributed by atoms with E-state index in [9.17, 15) is 0 Å². The number of hydrogen-bond acceptors (Lipinski definition) is 2. The second-order valence-corrected chi connectivity index (χ2v) is 3.41. The monoisotopic (exact) mass is 196 g/mol. The lowest BCUT2D eigenvalue weighted by atomic mass is 10.3. The zero-order valence-electron chi connectivity index (χ0n) is 9.12. The molecule has 0 aliphatic heterocycles. The van der Waals surface area contributed by atoms with Crippen LogP contribution in [0.5, 0.6) is 0 Å². The van der Waals surface area contributed by atoms with Crippen LogP contribution in [0.1, 0.15) is 18.9 Å². The van der Waals surface area contributed by atoms with Gasteiger partial charge in [-0.3, -0.25) is 0 Å². The molecule has 1 aromatic rings. The van der Waals surface area contributed by atoms with Gasteiger partial charge < -0.3 is 14.6 Å². The van der Waals surface area contributed by atoms with Gasteiger partial charge in [0.1, 0.15) is 0 Å². The summed E-state index contributed by atoms with van der Waals surface area (Å²) in [5.74, 6) is 0. The molecule has 0 atom stereocenters. The number of ether oxygens (including phenoxy) is 1. The molecular formula is C11H20N2O. The van der Waals surface area contributed by atoms with Crippen LogP contribution in [0.3, 0.4) is 0 Å². The Hall–Kier alpha value is -0.800. The van der Waals surface area contributed by atoms with E-state index in [0.29, 0.717) is 0 Å². The normalized spacial score (nSPS) is 10.7. The van der Waals surface area contributed by atoms with Crippen molar-refractivity contribution in [2.75, 3.05) is 19.8 Å². The number of nitrogens with one attached hydrogen (secondary N) is 1. The van der Waals surface area contributed by atoms with Gasteiger partial charge in [0, 0.05) is 39.2 Å². The predicted molar refractivity (Wildman–Crippen MR) is 58.2 cm³/mol. The van der Waals surface area contributed by atoms with E-state index in [1.54, 1.807) is 0 Å². The predicted octanol–water partition coefficient (Wildman–Crippen LogP) is 1.54. The third-order valence-corrected chi connectivity index (χ3v) is 2.07. The Labute approximate surface area is 86.1 Å². The van der Waals surface area contributed by atoms with Gasteiger partial charge in [0.2, 0.25) is 0 Å². The maximum absolute atomic E-state index is 5.25. The first-order valence-electron chi connectivity index (χ1n) is 5.22. The Morgan fingerprint density at radius 1 is 1.50 bits per heavy atom. The van der Waals surface area contributed by atoms with Crippen LogP contribution in [0, 0.1) is 0 Å². The fraction of sp³-hybridized carbons (Fsp3) is 0.636. The number of nitrogens with zero attached hydrogens (tertiary/aromatic N) is 1. The van der Waals surface area contributed by atoms with Gasteiger partial charge in [0.25, 0.3) is 0 Å². The minimum atomic E-state index is 0.818. The summed E-state index contributed by atoms with van der Waals surface area (Å²) >= 11 is 0. The van der Waals surface area contributed by atoms with E-state index in [2.05, 4.69) is 28.3 Å². The molecule has 0 unspecified atom stereocenters. The zero-order valence-corrected chi connectivity index (χ0v) is 9.12. The summed E-state index contributed by atoms with van der Waals surface area (Å²) < 4.78 is 7.31. The van der Waals surface area contributed by atoms with Crippen LogP contribution in [0.25, 0.3) is 0 Å². The first kappa shape index (κ1) is 11.3. The molecule has 1 rings (SSSR count). The van der Waals surface area contributed by atoms with Gasteiger partial charge in [-0.25, -0.2) is 0 Å². The van der Waals surface area contributed by atoms with Gasteiger partial charge in [-0.1, -0.05) is 0 Å². The smallest absolute Gasteiger partial charge is 0.0477 e. The molecule has 80 valence electrons. The minimum Gasteiger partial charge on any atom is -0.382 e. The molecule has 3 heteroatoms. The Bertz CT molecular complexity index is 245. The van der Waals surface area contributed by atoms with Crippen molar-refractivity contribution in [3.63, 3.8) is 0 Å². The quantitative estimate of drug-likeness (QED) is 0.669. The van der Waals surface area contributed by atoms with Crippen molar-refractivity contribution in [2.45, 2.75) is 19.9 Å². The Morgan fingerprint density at radius 2 is 2.36 bits per heavy atom. The largest absolute Gasteiger partial charge is 0.382 e. The lowest BCUT2D eigenvalue weighted by Gasteiger charge is -2.03. The van der Waals surface area contributed by atoms with Crippen LogP contribution in [-0.4, -0.2) is 24.3 Å². The van der Waals surface area contributed by atoms with Crippen molar-refractivity contribution in [3.8, 4) is 0 Å². The lowest BCUT2D eigenvalue weighted by molar-refractivity contribution is 0.144. The van der Waals surface area contributed by atoms with E-state index < -0.39 is 0 Å². The highest BCUT2D eigenvalue weighted by atomic mass is 16.5. The highest BCUT2D eigenvalue weighted by Gasteiger charge is 1.93. The molecule has 1 N–H and O–H groups in total. The van der Waals surface area contributed by atoms with Gasteiger partial charge in [-0.2, -0.15) is 0 Å². The summed E-state index contributed by atoms with van der Waals surface area (Å²) in [5, 5.41) is 3.38. The fourth-order valence-electron chi connectivity index (χ4n) is 1.34. The summed E-state index contributed by atoms with van der Waals surface area (Å²) in [6, 6.07) is 2.13. The zero-order chi connectivity index (χ0) is 10.2. The van der Waals surface area contributed by atoms with Crippen LogP contribution in [0.4, 0.5) is 0 Å². The molecule has 3 nitrogen and oxygen atoms in total. The average molecular weight is 196 g/mol.